The average Bonchev–Trinajstić information content (AvgIpc) is 1.71. The summed E-state index contributed by atoms with van der Waals surface area (Å²) in [5.41, 5.74) is 19.1. The predicted octanol–water partition coefficient (Wildman–Crippen LogP) is 8.23. The van der Waals surface area contributed by atoms with Gasteiger partial charge in [-0.3, -0.25) is 64.7 Å². The van der Waals surface area contributed by atoms with Gasteiger partial charge in [0.15, 0.2) is 12.0 Å². The molecule has 3 aliphatic heterocycles. The number of ether oxygens (including phenoxy) is 4. The molecule has 36 heteroatoms. The van der Waals surface area contributed by atoms with Gasteiger partial charge in [-0.2, -0.15) is 11.8 Å². The number of cyclic esters (lactones) is 2. The Morgan fingerprint density at radius 2 is 0.883 bits per heavy atom. The molecule has 0 aromatic carbocycles. The summed E-state index contributed by atoms with van der Waals surface area (Å²) in [5, 5.41) is 43.7. The molecule has 0 bridgehead atoms. The molecule has 7 amide bonds. The number of thioether (sulfide) groups is 1. The minimum Gasteiger partial charge on any atom is -0.480 e. The molecule has 0 aromatic heterocycles. The first kappa shape index (κ1) is 108. The van der Waals surface area contributed by atoms with Crippen molar-refractivity contribution in [3.63, 3.8) is 0 Å². The van der Waals surface area contributed by atoms with E-state index >= 15 is 0 Å². The van der Waals surface area contributed by atoms with E-state index in [1.54, 1.807) is 69.2 Å². The number of amidine groups is 3. The van der Waals surface area contributed by atoms with Gasteiger partial charge >= 0.3 is 54.1 Å². The van der Waals surface area contributed by atoms with E-state index in [4.69, 9.17) is 52.5 Å². The lowest BCUT2D eigenvalue weighted by Crippen LogP contribution is -2.36. The highest BCUT2D eigenvalue weighted by molar-refractivity contribution is 9.09. The van der Waals surface area contributed by atoms with Gasteiger partial charge in [0.2, 0.25) is 11.8 Å². The lowest BCUT2D eigenvalue weighted by Gasteiger charge is -2.19. The molecule has 4 atom stereocenters. The van der Waals surface area contributed by atoms with Crippen LogP contribution >= 0.6 is 27.7 Å². The Hall–Kier alpha value is -8.38. The van der Waals surface area contributed by atoms with Gasteiger partial charge in [0.05, 0.1) is 5.25 Å². The molecule has 1 saturated heterocycles. The number of alkyl halides is 1. The minimum atomic E-state index is -1.09. The van der Waals surface area contributed by atoms with Crippen LogP contribution in [-0.4, -0.2) is 216 Å². The van der Waals surface area contributed by atoms with Crippen molar-refractivity contribution in [3.05, 3.63) is 24.3 Å². The predicted molar refractivity (Wildman–Crippen MR) is 403 cm³/mol. The molecule has 34 nitrogen and oxygen atoms in total. The number of nitrogens with two attached hydrogens (primary N) is 4. The summed E-state index contributed by atoms with van der Waals surface area (Å²) in [6, 6.07) is -2.80. The average molecular weight is 1560 g/mol. The Bertz CT molecular complexity index is 2790. The van der Waals surface area contributed by atoms with Crippen LogP contribution in [0.1, 0.15) is 216 Å². The van der Waals surface area contributed by atoms with E-state index in [0.717, 1.165) is 48.2 Å². The Labute approximate surface area is 620 Å². The first-order chi connectivity index (χ1) is 45.9. The van der Waals surface area contributed by atoms with Crippen molar-refractivity contribution in [2.45, 2.75) is 256 Å². The lowest BCUT2D eigenvalue weighted by molar-refractivity contribution is -0.150. The number of unbranched alkanes of at least 4 members (excludes halogenated alkanes) is 8. The molecule has 0 radical (unpaired) electrons. The number of aliphatic imine (C=N–C) groups is 4. The van der Waals surface area contributed by atoms with Crippen LogP contribution in [0.2, 0.25) is 0 Å². The van der Waals surface area contributed by atoms with Crippen molar-refractivity contribution in [1.82, 2.24) is 25.8 Å². The number of esters is 2. The molecule has 0 spiro atoms. The van der Waals surface area contributed by atoms with Gasteiger partial charge in [0.25, 0.3) is 11.8 Å². The summed E-state index contributed by atoms with van der Waals surface area (Å²) in [6.45, 7) is 21.9. The van der Waals surface area contributed by atoms with Crippen LogP contribution in [0.4, 0.5) is 14.4 Å². The van der Waals surface area contributed by atoms with E-state index in [1.807, 2.05) is 6.26 Å². The molecule has 1 fully saturated rings. The molecule has 3 rings (SSSR count). The molecule has 594 valence electrons. The number of rotatable bonds is 30. The van der Waals surface area contributed by atoms with Gasteiger partial charge in [-0.05, 0) is 154 Å². The number of amides is 7. The van der Waals surface area contributed by atoms with Crippen LogP contribution in [-0.2, 0) is 66.9 Å². The number of carboxylic acids is 4. The van der Waals surface area contributed by atoms with Crippen molar-refractivity contribution in [2.75, 3.05) is 44.3 Å². The van der Waals surface area contributed by atoms with E-state index in [-0.39, 0.29) is 101 Å². The van der Waals surface area contributed by atoms with Crippen LogP contribution in [0.15, 0.2) is 44.3 Å². The van der Waals surface area contributed by atoms with Crippen molar-refractivity contribution < 1.29 is 102 Å². The largest absolute Gasteiger partial charge is 0.480 e. The molecule has 3 aliphatic rings. The summed E-state index contributed by atoms with van der Waals surface area (Å²) < 4.78 is 19.1. The third-order valence-corrected chi connectivity index (χ3v) is 13.5. The SMILES string of the molecule is C.C.C.C.CC(=NC(CCCCCN)C(=O)O)NC(=O)OC(C)(C)C.CC(=NC(CCCCCN1C(=O)C=CC1=O)C(=O)O)NC(=O)OC(C)(C)C.CC(=NCC(=O)O)NC(=O)OC(C)(C)C.CSC1CC(=O)N(CCCCCC(N=C(N)N)C(=O)O)C1=O.NCCCCCBr.O=C1C=CC(=O)O1. The van der Waals surface area contributed by atoms with Crippen molar-refractivity contribution in [1.29, 1.82) is 0 Å². The molecular weight excluding hydrogens is 1430 g/mol. The first-order valence-corrected chi connectivity index (χ1v) is 34.2. The molecular formula is C67H122BrN13O21S. The molecule has 15 N–H and O–H groups in total. The summed E-state index contributed by atoms with van der Waals surface area (Å²) >= 11 is 4.73. The third kappa shape index (κ3) is 60.9. The van der Waals surface area contributed by atoms with Gasteiger partial charge < -0.3 is 62.3 Å². The zero-order valence-electron chi connectivity index (χ0n) is 59.2. The highest BCUT2D eigenvalue weighted by Gasteiger charge is 2.37. The van der Waals surface area contributed by atoms with Crippen molar-refractivity contribution in [2.24, 2.45) is 42.9 Å². The summed E-state index contributed by atoms with van der Waals surface area (Å²) in [5.74, 6) is -5.91. The topological polar surface area (TPSA) is 536 Å². The summed E-state index contributed by atoms with van der Waals surface area (Å²) in [4.78, 5) is 162. The van der Waals surface area contributed by atoms with Crippen LogP contribution < -0.4 is 38.9 Å². The number of alkyl carbamates (subject to hydrolysis) is 3. The van der Waals surface area contributed by atoms with Crippen molar-refractivity contribution >= 4 is 129 Å². The maximum Gasteiger partial charge on any atom is 0.413 e. The second kappa shape index (κ2) is 59.1. The zero-order valence-corrected chi connectivity index (χ0v) is 61.6. The van der Waals surface area contributed by atoms with Gasteiger partial charge in [-0.1, -0.05) is 90.6 Å². The summed E-state index contributed by atoms with van der Waals surface area (Å²) in [6.07, 6.45) is 15.7. The Morgan fingerprint density at radius 1 is 0.544 bits per heavy atom. The maximum absolute atomic E-state index is 11.9. The second-order valence-electron chi connectivity index (χ2n) is 24.6. The fourth-order valence-electron chi connectivity index (χ4n) is 7.69. The monoisotopic (exact) mass is 1560 g/mol. The molecule has 3 heterocycles. The van der Waals surface area contributed by atoms with Crippen LogP contribution in [0.25, 0.3) is 0 Å². The molecule has 4 unspecified atom stereocenters. The highest BCUT2D eigenvalue weighted by atomic mass is 79.9. The number of carboxylic acid groups (broad SMARTS) is 4. The zero-order chi connectivity index (χ0) is 76.6. The number of hydrogen-bond donors (Lipinski definition) is 11. The van der Waals surface area contributed by atoms with E-state index in [1.165, 1.54) is 61.9 Å². The molecule has 0 saturated carbocycles. The standard InChI is InChI=1S/C18H27N3O6.C14H27N3O4.C13H22N4O4S.C9H16N2O4.C5H12BrN.C4H2O3.4CH4/c1-12(20-17(26)27-18(2,3)4)19-13(16(24)25)8-6-5-7-11-21-14(22)9-10-15(21)23;1-10(17-13(20)21-14(2,3)4)16-11(12(18)19)8-6-5-7-9-15;1-22-9-7-10(18)17(11(9)19)6-4-2-3-5-8(12(20)21)16-13(14)15;1-6(10-5-7(12)13)11-8(14)15-9(2,3)4;6-4-2-1-3-5-7;5-3-1-2-4(6)7-3;;;;/h9-10,13H,5-8,11H2,1-4H3,(H,24,25)(H,19,20,26);11H,5-9,15H2,1-4H3,(H,18,19)(H,16,17,20);8-9H,2-7H2,1H3,(H,20,21)(H4,14,15,16);5H2,1-4H3,(H,12,13)(H,10,11,14);1-5,7H2;1-2H;4*1H4. The molecule has 0 aromatic rings. The van der Waals surface area contributed by atoms with E-state index in [0.29, 0.717) is 71.0 Å². The number of guanidine groups is 1. The smallest absolute Gasteiger partial charge is 0.413 e. The van der Waals surface area contributed by atoms with Gasteiger partial charge in [-0.25, -0.2) is 43.3 Å². The van der Waals surface area contributed by atoms with E-state index in [9.17, 15) is 67.4 Å². The number of nitrogens with one attached hydrogen (secondary N) is 3. The Balaban J connectivity index is -0.000000224. The number of carbonyl (C=O) groups is 13. The van der Waals surface area contributed by atoms with Crippen molar-refractivity contribution in [3.8, 4) is 0 Å². The van der Waals surface area contributed by atoms with Crippen LogP contribution in [0.3, 0.4) is 0 Å². The molecule has 103 heavy (non-hydrogen) atoms. The normalized spacial score (nSPS) is 14.7. The molecule has 0 aliphatic carbocycles. The lowest BCUT2D eigenvalue weighted by atomic mass is 10.1. The first-order valence-electron chi connectivity index (χ1n) is 31.8. The van der Waals surface area contributed by atoms with E-state index < -0.39 is 89.0 Å². The number of aliphatic carboxylic acids is 4. The number of halogens is 1. The van der Waals surface area contributed by atoms with Gasteiger partial charge in [0, 0.05) is 49.1 Å². The van der Waals surface area contributed by atoms with Crippen LogP contribution in [0, 0.1) is 0 Å². The Morgan fingerprint density at radius 3 is 1.17 bits per heavy atom. The Kier molecular flexibility index (Phi) is 61.9. The number of hydrogen-bond acceptors (Lipinski definition) is 24. The fourth-order valence-corrected chi connectivity index (χ4v) is 8.73. The highest BCUT2D eigenvalue weighted by Crippen LogP contribution is 2.24. The number of nitrogens with zero attached hydrogens (tertiary/aromatic N) is 6. The number of likely N-dealkylation sites (tertiary alicyclic amines) is 1. The maximum atomic E-state index is 11.9. The third-order valence-electron chi connectivity index (χ3n) is 12.0. The van der Waals surface area contributed by atoms with E-state index in [2.05, 4.69) is 56.6 Å². The van der Waals surface area contributed by atoms with Gasteiger partial charge in [-0.15, -0.1) is 0 Å². The quantitative estimate of drug-likeness (QED) is 0.00471. The summed E-state index contributed by atoms with van der Waals surface area (Å²) in [7, 11) is 0. The minimum absolute atomic E-state index is 0. The van der Waals surface area contributed by atoms with Crippen LogP contribution in [0.5, 0.6) is 0 Å². The van der Waals surface area contributed by atoms with Gasteiger partial charge in [0.1, 0.15) is 52.9 Å². The second-order valence-corrected chi connectivity index (χ2v) is 26.5. The number of carbonyl (C=O) groups excluding carboxylic acids is 9. The number of imide groups is 2. The fraction of sp³-hybridized carbons (Fsp3) is 0.687.